The molecule has 0 amide bonds. The molecule has 100 valence electrons. The van der Waals surface area contributed by atoms with E-state index in [1.807, 2.05) is 30.3 Å². The van der Waals surface area contributed by atoms with Crippen molar-refractivity contribution in [2.75, 3.05) is 5.32 Å². The first kappa shape index (κ1) is 13.9. The largest absolute Gasteiger partial charge is 0.378 e. The number of benzene rings is 2. The third-order valence-electron chi connectivity index (χ3n) is 3.16. The third-order valence-corrected chi connectivity index (χ3v) is 3.39. The molecule has 0 heterocycles. The molecule has 3 heteroatoms. The number of hydrogen-bond donors (Lipinski definition) is 1. The fourth-order valence-electron chi connectivity index (χ4n) is 2.08. The lowest BCUT2D eigenvalue weighted by molar-refractivity contribution is 0.618. The molecule has 0 saturated carbocycles. The number of halogens is 2. The first-order valence-corrected chi connectivity index (χ1v) is 6.76. The highest BCUT2D eigenvalue weighted by molar-refractivity contribution is 6.30. The van der Waals surface area contributed by atoms with Gasteiger partial charge in [0, 0.05) is 10.7 Å². The van der Waals surface area contributed by atoms with Crippen LogP contribution in [0.5, 0.6) is 0 Å². The Morgan fingerprint density at radius 2 is 2.00 bits per heavy atom. The van der Waals surface area contributed by atoms with E-state index in [2.05, 4.69) is 12.2 Å². The van der Waals surface area contributed by atoms with Crippen LogP contribution >= 0.6 is 11.6 Å². The monoisotopic (exact) mass is 277 g/mol. The van der Waals surface area contributed by atoms with Gasteiger partial charge in [-0.25, -0.2) is 4.39 Å². The Morgan fingerprint density at radius 1 is 1.21 bits per heavy atom. The van der Waals surface area contributed by atoms with Gasteiger partial charge in [-0.05, 0) is 54.8 Å². The van der Waals surface area contributed by atoms with Gasteiger partial charge in [-0.1, -0.05) is 30.7 Å². The van der Waals surface area contributed by atoms with Gasteiger partial charge in [0.05, 0.1) is 6.04 Å². The van der Waals surface area contributed by atoms with Gasteiger partial charge in [0.1, 0.15) is 5.82 Å². The van der Waals surface area contributed by atoms with Crippen molar-refractivity contribution in [2.45, 2.75) is 26.3 Å². The molecule has 1 unspecified atom stereocenters. The molecule has 2 rings (SSSR count). The minimum Gasteiger partial charge on any atom is -0.378 e. The van der Waals surface area contributed by atoms with Crippen LogP contribution in [0.4, 0.5) is 10.1 Å². The van der Waals surface area contributed by atoms with Gasteiger partial charge in [-0.2, -0.15) is 0 Å². The average molecular weight is 278 g/mol. The molecule has 2 aromatic carbocycles. The number of nitrogens with one attached hydrogen (secondary N) is 1. The zero-order chi connectivity index (χ0) is 13.8. The van der Waals surface area contributed by atoms with Crippen molar-refractivity contribution < 1.29 is 4.39 Å². The quantitative estimate of drug-likeness (QED) is 0.794. The van der Waals surface area contributed by atoms with Crippen molar-refractivity contribution in [3.05, 3.63) is 64.4 Å². The summed E-state index contributed by atoms with van der Waals surface area (Å²) in [6, 6.07) is 13.0. The van der Waals surface area contributed by atoms with Crippen LogP contribution in [0.15, 0.2) is 42.5 Å². The van der Waals surface area contributed by atoms with E-state index in [9.17, 15) is 4.39 Å². The second-order valence-corrected chi connectivity index (χ2v) is 5.06. The standard InChI is InChI=1S/C16H17ClFN/c1-3-16(12-5-4-6-13(17)10-12)19-14-7-8-15(18)11(2)9-14/h4-10,16,19H,3H2,1-2H3. The molecule has 0 aromatic heterocycles. The van der Waals surface area contributed by atoms with E-state index in [0.29, 0.717) is 5.56 Å². The van der Waals surface area contributed by atoms with Crippen LogP contribution in [0, 0.1) is 12.7 Å². The maximum absolute atomic E-state index is 13.2. The molecule has 1 atom stereocenters. The molecular formula is C16H17ClFN. The lowest BCUT2D eigenvalue weighted by Gasteiger charge is -2.19. The van der Waals surface area contributed by atoms with E-state index < -0.39 is 0 Å². The van der Waals surface area contributed by atoms with Crippen molar-refractivity contribution in [2.24, 2.45) is 0 Å². The van der Waals surface area contributed by atoms with E-state index in [-0.39, 0.29) is 11.9 Å². The average Bonchev–Trinajstić information content (AvgIpc) is 2.40. The van der Waals surface area contributed by atoms with Crippen LogP contribution in [-0.4, -0.2) is 0 Å². The topological polar surface area (TPSA) is 12.0 Å². The van der Waals surface area contributed by atoms with Gasteiger partial charge in [0.2, 0.25) is 0 Å². The summed E-state index contributed by atoms with van der Waals surface area (Å²) in [5.74, 6) is -0.179. The summed E-state index contributed by atoms with van der Waals surface area (Å²) in [5.41, 5.74) is 2.70. The van der Waals surface area contributed by atoms with Gasteiger partial charge in [0.15, 0.2) is 0 Å². The van der Waals surface area contributed by atoms with Gasteiger partial charge in [0.25, 0.3) is 0 Å². The molecule has 2 aromatic rings. The zero-order valence-electron chi connectivity index (χ0n) is 11.1. The van der Waals surface area contributed by atoms with Crippen molar-refractivity contribution in [1.82, 2.24) is 0 Å². The number of rotatable bonds is 4. The molecule has 19 heavy (non-hydrogen) atoms. The van der Waals surface area contributed by atoms with E-state index in [4.69, 9.17) is 11.6 Å². The van der Waals surface area contributed by atoms with Gasteiger partial charge < -0.3 is 5.32 Å². The Morgan fingerprint density at radius 3 is 2.63 bits per heavy atom. The maximum atomic E-state index is 13.2. The molecule has 0 aliphatic heterocycles. The fourth-order valence-corrected chi connectivity index (χ4v) is 2.28. The molecule has 0 radical (unpaired) electrons. The highest BCUT2D eigenvalue weighted by Gasteiger charge is 2.10. The smallest absolute Gasteiger partial charge is 0.126 e. The van der Waals surface area contributed by atoms with Crippen molar-refractivity contribution in [3.8, 4) is 0 Å². The molecule has 0 fully saturated rings. The zero-order valence-corrected chi connectivity index (χ0v) is 11.8. The Labute approximate surface area is 118 Å². The summed E-state index contributed by atoms with van der Waals surface area (Å²) in [6.07, 6.45) is 0.927. The van der Waals surface area contributed by atoms with Crippen LogP contribution in [0.25, 0.3) is 0 Å². The normalized spacial score (nSPS) is 12.2. The predicted molar refractivity (Wildman–Crippen MR) is 79.2 cm³/mol. The van der Waals surface area contributed by atoms with Crippen LogP contribution in [0.1, 0.15) is 30.5 Å². The summed E-state index contributed by atoms with van der Waals surface area (Å²) in [7, 11) is 0. The first-order chi connectivity index (χ1) is 9.10. The molecule has 0 aliphatic carbocycles. The number of aryl methyl sites for hydroxylation is 1. The Kier molecular flexibility index (Phi) is 4.43. The van der Waals surface area contributed by atoms with Crippen molar-refractivity contribution in [1.29, 1.82) is 0 Å². The van der Waals surface area contributed by atoms with Crippen LogP contribution < -0.4 is 5.32 Å². The fraction of sp³-hybridized carbons (Fsp3) is 0.250. The number of hydrogen-bond acceptors (Lipinski definition) is 1. The molecule has 0 spiro atoms. The van der Waals surface area contributed by atoms with E-state index in [1.54, 1.807) is 13.0 Å². The Balaban J connectivity index is 2.21. The second-order valence-electron chi connectivity index (χ2n) is 4.62. The summed E-state index contributed by atoms with van der Waals surface area (Å²) in [5, 5.41) is 4.14. The molecule has 0 saturated heterocycles. The minimum absolute atomic E-state index is 0.170. The number of anilines is 1. The van der Waals surface area contributed by atoms with Gasteiger partial charge in [-0.15, -0.1) is 0 Å². The summed E-state index contributed by atoms with van der Waals surface area (Å²) < 4.78 is 13.2. The van der Waals surface area contributed by atoms with Crippen molar-refractivity contribution in [3.63, 3.8) is 0 Å². The molecule has 1 nitrogen and oxygen atoms in total. The predicted octanol–water partition coefficient (Wildman–Crippen LogP) is 5.35. The van der Waals surface area contributed by atoms with Crippen LogP contribution in [0.3, 0.4) is 0 Å². The Bertz CT molecular complexity index is 568. The maximum Gasteiger partial charge on any atom is 0.126 e. The van der Waals surface area contributed by atoms with Gasteiger partial charge >= 0.3 is 0 Å². The van der Waals surface area contributed by atoms with Crippen molar-refractivity contribution >= 4 is 17.3 Å². The minimum atomic E-state index is -0.179. The lowest BCUT2D eigenvalue weighted by atomic mass is 10.0. The highest BCUT2D eigenvalue weighted by atomic mass is 35.5. The van der Waals surface area contributed by atoms with E-state index >= 15 is 0 Å². The molecule has 1 N–H and O–H groups in total. The highest BCUT2D eigenvalue weighted by Crippen LogP contribution is 2.25. The van der Waals surface area contributed by atoms with Crippen LogP contribution in [0.2, 0.25) is 5.02 Å². The molecule has 0 aliphatic rings. The Hall–Kier alpha value is -1.54. The summed E-state index contributed by atoms with van der Waals surface area (Å²) in [6.45, 7) is 3.87. The third kappa shape index (κ3) is 3.48. The SMILES string of the molecule is CCC(Nc1ccc(F)c(C)c1)c1cccc(Cl)c1. The second kappa shape index (κ2) is 6.07. The lowest BCUT2D eigenvalue weighted by Crippen LogP contribution is -2.09. The molecule has 0 bridgehead atoms. The van der Waals surface area contributed by atoms with E-state index in [1.165, 1.54) is 6.07 Å². The molecular weight excluding hydrogens is 261 g/mol. The van der Waals surface area contributed by atoms with Crippen LogP contribution in [-0.2, 0) is 0 Å². The van der Waals surface area contributed by atoms with E-state index in [0.717, 1.165) is 22.7 Å². The summed E-state index contributed by atoms with van der Waals surface area (Å²) in [4.78, 5) is 0. The summed E-state index contributed by atoms with van der Waals surface area (Å²) >= 11 is 6.02. The van der Waals surface area contributed by atoms with Gasteiger partial charge in [-0.3, -0.25) is 0 Å². The first-order valence-electron chi connectivity index (χ1n) is 6.38.